The monoisotopic (exact) mass is 347 g/mol. The average molecular weight is 347 g/mol. The van der Waals surface area contributed by atoms with Crippen molar-refractivity contribution in [3.8, 4) is 0 Å². The fourth-order valence-corrected chi connectivity index (χ4v) is 3.79. The van der Waals surface area contributed by atoms with Gasteiger partial charge in [-0.25, -0.2) is 0 Å². The Bertz CT molecular complexity index is 709. The number of esters is 1. The number of hydrogen-bond acceptors (Lipinski definition) is 6. The molecule has 24 heavy (non-hydrogen) atoms. The number of ketones is 1. The number of carbonyl (C=O) groups excluding carboxylic acids is 4. The Balaban J connectivity index is 1.54. The molecule has 1 aliphatic carbocycles. The second kappa shape index (κ2) is 6.68. The molecule has 2 amide bonds. The number of hydrogen-bond donors (Lipinski definition) is 0. The van der Waals surface area contributed by atoms with E-state index in [-0.39, 0.29) is 36.0 Å². The number of Topliss-reactive ketones (excluding diaryl/α,β-unsaturated/α-hetero) is 1. The number of imide groups is 1. The molecular weight excluding hydrogens is 330 g/mol. The molecule has 2 atom stereocenters. The van der Waals surface area contributed by atoms with Crippen LogP contribution in [0.1, 0.15) is 27.4 Å². The summed E-state index contributed by atoms with van der Waals surface area (Å²) < 4.78 is 4.94. The Kier molecular flexibility index (Phi) is 4.62. The standard InChI is InChI=1S/C17H17NO5S/c1-10-6-7-14(24-10)13(19)9-23-15(20)8-18-16(21)11-4-2-3-5-12(11)17(18)22/h2-3,6-7,11-12H,4-5,8-9H2,1H3/t11-,12-/m1/s1. The number of carbonyl (C=O) groups is 4. The van der Waals surface area contributed by atoms with E-state index >= 15 is 0 Å². The molecule has 0 saturated carbocycles. The van der Waals surface area contributed by atoms with E-state index in [4.69, 9.17) is 4.74 Å². The number of nitrogens with zero attached hydrogens (tertiary/aromatic N) is 1. The van der Waals surface area contributed by atoms with E-state index in [1.807, 2.05) is 25.1 Å². The first-order valence-corrected chi connectivity index (χ1v) is 8.54. The zero-order valence-electron chi connectivity index (χ0n) is 13.2. The van der Waals surface area contributed by atoms with Gasteiger partial charge in [0.2, 0.25) is 17.6 Å². The lowest BCUT2D eigenvalue weighted by atomic mass is 9.85. The highest BCUT2D eigenvalue weighted by molar-refractivity contribution is 7.14. The van der Waals surface area contributed by atoms with Gasteiger partial charge >= 0.3 is 5.97 Å². The largest absolute Gasteiger partial charge is 0.456 e. The summed E-state index contributed by atoms with van der Waals surface area (Å²) in [4.78, 5) is 50.8. The lowest BCUT2D eigenvalue weighted by molar-refractivity contribution is -0.152. The minimum absolute atomic E-state index is 0.293. The number of likely N-dealkylation sites (tertiary alicyclic amines) is 1. The van der Waals surface area contributed by atoms with Gasteiger partial charge in [-0.1, -0.05) is 12.2 Å². The van der Waals surface area contributed by atoms with Crippen molar-refractivity contribution in [1.29, 1.82) is 0 Å². The van der Waals surface area contributed by atoms with Crippen LogP contribution in [0, 0.1) is 18.8 Å². The molecule has 1 saturated heterocycles. The number of aryl methyl sites for hydroxylation is 1. The molecule has 1 aromatic rings. The summed E-state index contributed by atoms with van der Waals surface area (Å²) in [7, 11) is 0. The third kappa shape index (κ3) is 3.17. The second-order valence-electron chi connectivity index (χ2n) is 5.91. The second-order valence-corrected chi connectivity index (χ2v) is 7.20. The van der Waals surface area contributed by atoms with Crippen LogP contribution in [0.4, 0.5) is 0 Å². The molecule has 1 aromatic heterocycles. The van der Waals surface area contributed by atoms with E-state index in [0.29, 0.717) is 17.7 Å². The van der Waals surface area contributed by atoms with Crippen molar-refractivity contribution in [3.63, 3.8) is 0 Å². The van der Waals surface area contributed by atoms with Gasteiger partial charge in [0.25, 0.3) is 0 Å². The van der Waals surface area contributed by atoms with Gasteiger partial charge in [0.05, 0.1) is 16.7 Å². The van der Waals surface area contributed by atoms with Crippen LogP contribution in [-0.2, 0) is 19.1 Å². The van der Waals surface area contributed by atoms with E-state index in [0.717, 1.165) is 9.78 Å². The van der Waals surface area contributed by atoms with Crippen molar-refractivity contribution >= 4 is 34.9 Å². The Morgan fingerprint density at radius 2 is 1.79 bits per heavy atom. The Labute approximate surface area is 143 Å². The van der Waals surface area contributed by atoms with Gasteiger partial charge in [0.1, 0.15) is 6.54 Å². The molecule has 2 heterocycles. The lowest BCUT2D eigenvalue weighted by Gasteiger charge is -2.14. The summed E-state index contributed by atoms with van der Waals surface area (Å²) in [6.07, 6.45) is 4.82. The van der Waals surface area contributed by atoms with Crippen molar-refractivity contribution < 1.29 is 23.9 Å². The maximum absolute atomic E-state index is 12.2. The van der Waals surface area contributed by atoms with Gasteiger partial charge in [-0.3, -0.25) is 24.1 Å². The molecule has 6 nitrogen and oxygen atoms in total. The van der Waals surface area contributed by atoms with Crippen LogP contribution >= 0.6 is 11.3 Å². The Morgan fingerprint density at radius 1 is 1.17 bits per heavy atom. The molecule has 0 radical (unpaired) electrons. The number of rotatable bonds is 5. The predicted octanol–water partition coefficient (Wildman–Crippen LogP) is 1.73. The van der Waals surface area contributed by atoms with Gasteiger partial charge < -0.3 is 4.74 Å². The van der Waals surface area contributed by atoms with Crippen molar-refractivity contribution in [3.05, 3.63) is 34.0 Å². The molecule has 0 spiro atoms. The van der Waals surface area contributed by atoms with Crippen LogP contribution in [0.5, 0.6) is 0 Å². The van der Waals surface area contributed by atoms with Crippen LogP contribution in [0.15, 0.2) is 24.3 Å². The van der Waals surface area contributed by atoms with Gasteiger partial charge in [0, 0.05) is 4.88 Å². The summed E-state index contributed by atoms with van der Waals surface area (Å²) in [5, 5.41) is 0. The van der Waals surface area contributed by atoms with Crippen LogP contribution in [0.3, 0.4) is 0 Å². The van der Waals surface area contributed by atoms with Gasteiger partial charge in [0.15, 0.2) is 6.61 Å². The minimum atomic E-state index is -0.745. The van der Waals surface area contributed by atoms with Gasteiger partial charge in [-0.2, -0.15) is 0 Å². The molecular formula is C17H17NO5S. The molecule has 1 aliphatic heterocycles. The van der Waals surface area contributed by atoms with Crippen molar-refractivity contribution in [2.45, 2.75) is 19.8 Å². The average Bonchev–Trinajstić information content (AvgIpc) is 3.11. The Morgan fingerprint density at radius 3 is 2.33 bits per heavy atom. The molecule has 126 valence electrons. The molecule has 0 bridgehead atoms. The third-order valence-electron chi connectivity index (χ3n) is 4.27. The van der Waals surface area contributed by atoms with E-state index in [2.05, 4.69) is 0 Å². The van der Waals surface area contributed by atoms with Crippen molar-refractivity contribution in [2.75, 3.05) is 13.2 Å². The molecule has 1 fully saturated rings. The first-order valence-electron chi connectivity index (χ1n) is 7.73. The number of allylic oxidation sites excluding steroid dienone is 2. The summed E-state index contributed by atoms with van der Waals surface area (Å²) in [5.74, 6) is -2.43. The SMILES string of the molecule is Cc1ccc(C(=O)COC(=O)CN2C(=O)[C@@H]3CC=CC[C@H]3C2=O)s1. The van der Waals surface area contributed by atoms with E-state index < -0.39 is 12.5 Å². The summed E-state index contributed by atoms with van der Waals surface area (Å²) >= 11 is 1.33. The highest BCUT2D eigenvalue weighted by Crippen LogP contribution is 2.34. The fourth-order valence-electron chi connectivity index (χ4n) is 3.00. The summed E-state index contributed by atoms with van der Waals surface area (Å²) in [5.41, 5.74) is 0. The number of fused-ring (bicyclic) bond motifs is 1. The summed E-state index contributed by atoms with van der Waals surface area (Å²) in [6, 6.07) is 3.50. The third-order valence-corrected chi connectivity index (χ3v) is 5.31. The smallest absolute Gasteiger partial charge is 0.326 e. The van der Waals surface area contributed by atoms with E-state index in [1.54, 1.807) is 6.07 Å². The van der Waals surface area contributed by atoms with Crippen LogP contribution < -0.4 is 0 Å². The van der Waals surface area contributed by atoms with Crippen LogP contribution in [0.25, 0.3) is 0 Å². The predicted molar refractivity (Wildman–Crippen MR) is 86.4 cm³/mol. The molecule has 0 unspecified atom stereocenters. The molecule has 0 aromatic carbocycles. The van der Waals surface area contributed by atoms with Crippen molar-refractivity contribution in [1.82, 2.24) is 4.90 Å². The number of ether oxygens (including phenoxy) is 1. The zero-order chi connectivity index (χ0) is 17.3. The first-order chi connectivity index (χ1) is 11.5. The quantitative estimate of drug-likeness (QED) is 0.351. The summed E-state index contributed by atoms with van der Waals surface area (Å²) in [6.45, 7) is 1.07. The normalized spacial score (nSPS) is 22.6. The molecule has 7 heteroatoms. The van der Waals surface area contributed by atoms with Crippen LogP contribution in [0.2, 0.25) is 0 Å². The molecule has 2 aliphatic rings. The lowest BCUT2D eigenvalue weighted by Crippen LogP contribution is -2.37. The number of thiophene rings is 1. The minimum Gasteiger partial charge on any atom is -0.456 e. The van der Waals surface area contributed by atoms with E-state index in [9.17, 15) is 19.2 Å². The van der Waals surface area contributed by atoms with Crippen LogP contribution in [-0.4, -0.2) is 41.6 Å². The van der Waals surface area contributed by atoms with Crippen molar-refractivity contribution in [2.24, 2.45) is 11.8 Å². The highest BCUT2D eigenvalue weighted by atomic mass is 32.1. The van der Waals surface area contributed by atoms with Gasteiger partial charge in [-0.05, 0) is 31.9 Å². The number of amides is 2. The first kappa shape index (κ1) is 16.6. The highest BCUT2D eigenvalue weighted by Gasteiger charge is 2.47. The van der Waals surface area contributed by atoms with Gasteiger partial charge in [-0.15, -0.1) is 11.3 Å². The van der Waals surface area contributed by atoms with E-state index in [1.165, 1.54) is 11.3 Å². The molecule has 0 N–H and O–H groups in total. The topological polar surface area (TPSA) is 80.8 Å². The zero-order valence-corrected chi connectivity index (χ0v) is 14.0. The molecule has 3 rings (SSSR count). The fraction of sp³-hybridized carbons (Fsp3) is 0.412. The maximum Gasteiger partial charge on any atom is 0.326 e. The maximum atomic E-state index is 12.2. The Hall–Kier alpha value is -2.28.